The molecule has 1 amide bonds. The Morgan fingerprint density at radius 1 is 1.28 bits per heavy atom. The Labute approximate surface area is 173 Å². The number of carbonyl (C=O) groups is 1. The molecule has 2 aromatic heterocycles. The normalized spacial score (nSPS) is 10.6. The molecule has 0 bridgehead atoms. The Balaban J connectivity index is 1.54. The van der Waals surface area contributed by atoms with Crippen molar-refractivity contribution in [2.45, 2.75) is 32.9 Å². The van der Waals surface area contributed by atoms with E-state index < -0.39 is 0 Å². The third kappa shape index (κ3) is 5.64. The molecule has 0 aliphatic carbocycles. The summed E-state index contributed by atoms with van der Waals surface area (Å²) < 4.78 is 13.1. The predicted octanol–water partition coefficient (Wildman–Crippen LogP) is 3.41. The summed E-state index contributed by atoms with van der Waals surface area (Å²) in [4.78, 5) is 16.6. The number of aromatic nitrogens is 4. The van der Waals surface area contributed by atoms with E-state index in [-0.39, 0.29) is 12.5 Å². The Morgan fingerprint density at radius 2 is 2.10 bits per heavy atom. The molecule has 3 rings (SSSR count). The van der Waals surface area contributed by atoms with Gasteiger partial charge < -0.3 is 14.8 Å². The standard InChI is InChI=1S/C20H23N5O3S/c1-3-5-17-23-24-20(29)25(17)13-18(26)21-11-14-8-9-19(22-12-14)28-16-7-4-6-15(10-16)27-2/h4,6-10,12H,3,5,11,13H2,1-2H3,(H,21,26)(H,24,29). The number of carbonyl (C=O) groups excluding carboxylic acids is 1. The molecule has 0 aliphatic heterocycles. The molecule has 152 valence electrons. The molecule has 9 heteroatoms. The molecule has 0 radical (unpaired) electrons. The van der Waals surface area contributed by atoms with Crippen LogP contribution in [0.4, 0.5) is 0 Å². The minimum atomic E-state index is -0.142. The molecule has 8 nitrogen and oxygen atoms in total. The van der Waals surface area contributed by atoms with Crippen LogP contribution < -0.4 is 14.8 Å². The summed E-state index contributed by atoms with van der Waals surface area (Å²) in [6.07, 6.45) is 3.36. The van der Waals surface area contributed by atoms with E-state index >= 15 is 0 Å². The number of hydrogen-bond acceptors (Lipinski definition) is 6. The number of hydrogen-bond donors (Lipinski definition) is 2. The molecule has 2 heterocycles. The lowest BCUT2D eigenvalue weighted by atomic mass is 10.3. The molecule has 3 aromatic rings. The second-order valence-corrected chi connectivity index (χ2v) is 6.73. The average Bonchev–Trinajstić information content (AvgIpc) is 3.07. The van der Waals surface area contributed by atoms with Gasteiger partial charge in [-0.2, -0.15) is 5.10 Å². The number of aryl methyl sites for hydroxylation is 1. The fourth-order valence-corrected chi connectivity index (χ4v) is 2.90. The van der Waals surface area contributed by atoms with E-state index in [4.69, 9.17) is 21.7 Å². The number of pyridine rings is 1. The van der Waals surface area contributed by atoms with E-state index in [1.165, 1.54) is 0 Å². The third-order valence-electron chi connectivity index (χ3n) is 4.16. The lowest BCUT2D eigenvalue weighted by Crippen LogP contribution is -2.28. The number of ether oxygens (including phenoxy) is 2. The van der Waals surface area contributed by atoms with Crippen LogP contribution >= 0.6 is 12.2 Å². The van der Waals surface area contributed by atoms with Crippen LogP contribution in [0.5, 0.6) is 17.4 Å². The van der Waals surface area contributed by atoms with Crippen LogP contribution in [0, 0.1) is 4.77 Å². The highest BCUT2D eigenvalue weighted by molar-refractivity contribution is 7.71. The van der Waals surface area contributed by atoms with Gasteiger partial charge in [0.1, 0.15) is 23.9 Å². The summed E-state index contributed by atoms with van der Waals surface area (Å²) in [6, 6.07) is 10.9. The monoisotopic (exact) mass is 413 g/mol. The van der Waals surface area contributed by atoms with Gasteiger partial charge >= 0.3 is 0 Å². The van der Waals surface area contributed by atoms with Gasteiger partial charge in [0, 0.05) is 31.3 Å². The van der Waals surface area contributed by atoms with E-state index in [1.54, 1.807) is 30.0 Å². The molecule has 0 atom stereocenters. The van der Waals surface area contributed by atoms with E-state index in [2.05, 4.69) is 27.4 Å². The van der Waals surface area contributed by atoms with Crippen LogP contribution in [0.1, 0.15) is 24.7 Å². The first-order valence-electron chi connectivity index (χ1n) is 9.26. The highest BCUT2D eigenvalue weighted by atomic mass is 32.1. The topological polar surface area (TPSA) is 94.1 Å². The average molecular weight is 414 g/mol. The number of benzene rings is 1. The lowest BCUT2D eigenvalue weighted by molar-refractivity contribution is -0.121. The number of aromatic amines is 1. The number of amides is 1. The third-order valence-corrected chi connectivity index (χ3v) is 4.48. The first-order valence-corrected chi connectivity index (χ1v) is 9.67. The van der Waals surface area contributed by atoms with Crippen LogP contribution in [-0.4, -0.2) is 32.8 Å². The molecule has 0 unspecified atom stereocenters. The zero-order valence-corrected chi connectivity index (χ0v) is 17.2. The van der Waals surface area contributed by atoms with Crippen LogP contribution in [-0.2, 0) is 24.3 Å². The van der Waals surface area contributed by atoms with Gasteiger partial charge in [0.05, 0.1) is 7.11 Å². The van der Waals surface area contributed by atoms with Gasteiger partial charge in [-0.15, -0.1) is 0 Å². The molecule has 29 heavy (non-hydrogen) atoms. The molecular formula is C20H23N5O3S. The summed E-state index contributed by atoms with van der Waals surface area (Å²) in [6.45, 7) is 2.55. The number of nitrogens with zero attached hydrogens (tertiary/aromatic N) is 3. The Bertz CT molecular complexity index is 1010. The van der Waals surface area contributed by atoms with E-state index in [0.717, 1.165) is 24.2 Å². The summed E-state index contributed by atoms with van der Waals surface area (Å²) >= 11 is 5.20. The fourth-order valence-electron chi connectivity index (χ4n) is 2.69. The van der Waals surface area contributed by atoms with Crippen molar-refractivity contribution in [3.05, 3.63) is 58.8 Å². The molecular weight excluding hydrogens is 390 g/mol. The van der Waals surface area contributed by atoms with E-state index in [1.807, 2.05) is 24.3 Å². The number of rotatable bonds is 9. The van der Waals surface area contributed by atoms with Crippen molar-refractivity contribution >= 4 is 18.1 Å². The molecule has 0 fully saturated rings. The van der Waals surface area contributed by atoms with Crippen molar-refractivity contribution in [3.63, 3.8) is 0 Å². The maximum atomic E-state index is 12.3. The van der Waals surface area contributed by atoms with Crippen molar-refractivity contribution in [2.24, 2.45) is 0 Å². The van der Waals surface area contributed by atoms with Crippen molar-refractivity contribution in [3.8, 4) is 17.4 Å². The fraction of sp³-hybridized carbons (Fsp3) is 0.300. The van der Waals surface area contributed by atoms with Crippen LogP contribution in [0.15, 0.2) is 42.6 Å². The maximum Gasteiger partial charge on any atom is 0.240 e. The summed E-state index contributed by atoms with van der Waals surface area (Å²) in [5.41, 5.74) is 0.862. The van der Waals surface area contributed by atoms with Gasteiger partial charge in [0.15, 0.2) is 4.77 Å². The van der Waals surface area contributed by atoms with Gasteiger partial charge in [-0.3, -0.25) is 14.5 Å². The Morgan fingerprint density at radius 3 is 2.83 bits per heavy atom. The predicted molar refractivity (Wildman–Crippen MR) is 111 cm³/mol. The molecule has 1 aromatic carbocycles. The largest absolute Gasteiger partial charge is 0.497 e. The number of methoxy groups -OCH3 is 1. The van der Waals surface area contributed by atoms with Gasteiger partial charge in [0.25, 0.3) is 0 Å². The molecule has 0 aliphatic rings. The van der Waals surface area contributed by atoms with E-state index in [9.17, 15) is 4.79 Å². The van der Waals surface area contributed by atoms with Crippen LogP contribution in [0.25, 0.3) is 0 Å². The van der Waals surface area contributed by atoms with E-state index in [0.29, 0.717) is 28.7 Å². The van der Waals surface area contributed by atoms with Crippen molar-refractivity contribution in [2.75, 3.05) is 7.11 Å². The highest BCUT2D eigenvalue weighted by Gasteiger charge is 2.10. The molecule has 2 N–H and O–H groups in total. The van der Waals surface area contributed by atoms with Gasteiger partial charge in [-0.1, -0.05) is 19.1 Å². The van der Waals surface area contributed by atoms with Crippen molar-refractivity contribution < 1.29 is 14.3 Å². The molecule has 0 saturated heterocycles. The summed E-state index contributed by atoms with van der Waals surface area (Å²) in [5, 5.41) is 9.78. The smallest absolute Gasteiger partial charge is 0.240 e. The summed E-state index contributed by atoms with van der Waals surface area (Å²) in [7, 11) is 1.60. The van der Waals surface area contributed by atoms with Crippen LogP contribution in [0.2, 0.25) is 0 Å². The SMILES string of the molecule is CCCc1n[nH]c(=S)n1CC(=O)NCc1ccc(Oc2cccc(OC)c2)nc1. The van der Waals surface area contributed by atoms with Gasteiger partial charge in [0.2, 0.25) is 11.8 Å². The van der Waals surface area contributed by atoms with Gasteiger partial charge in [-0.25, -0.2) is 4.98 Å². The second-order valence-electron chi connectivity index (χ2n) is 6.34. The second kappa shape index (κ2) is 9.83. The quantitative estimate of drug-likeness (QED) is 0.522. The molecule has 0 saturated carbocycles. The minimum Gasteiger partial charge on any atom is -0.497 e. The minimum absolute atomic E-state index is 0.134. The van der Waals surface area contributed by atoms with Crippen molar-refractivity contribution in [1.29, 1.82) is 0 Å². The lowest BCUT2D eigenvalue weighted by Gasteiger charge is -2.09. The number of nitrogens with one attached hydrogen (secondary N) is 2. The van der Waals surface area contributed by atoms with Gasteiger partial charge in [-0.05, 0) is 36.3 Å². The van der Waals surface area contributed by atoms with Crippen molar-refractivity contribution in [1.82, 2.24) is 25.1 Å². The summed E-state index contributed by atoms with van der Waals surface area (Å²) in [5.74, 6) is 2.45. The van der Waals surface area contributed by atoms with Crippen LogP contribution in [0.3, 0.4) is 0 Å². The number of H-pyrrole nitrogens is 1. The zero-order chi connectivity index (χ0) is 20.6. The first kappa shape index (κ1) is 20.5. The maximum absolute atomic E-state index is 12.3. The molecule has 0 spiro atoms. The Kier molecular flexibility index (Phi) is 6.96. The zero-order valence-electron chi connectivity index (χ0n) is 16.3. The first-order chi connectivity index (χ1) is 14.1. The Hall–Kier alpha value is -3.20. The highest BCUT2D eigenvalue weighted by Crippen LogP contribution is 2.23.